The van der Waals surface area contributed by atoms with E-state index >= 15 is 0 Å². The molecule has 0 radical (unpaired) electrons. The molecule has 0 saturated carbocycles. The second-order valence-electron chi connectivity index (χ2n) is 4.61. The third-order valence-corrected chi connectivity index (χ3v) is 4.53. The van der Waals surface area contributed by atoms with E-state index in [0.717, 1.165) is 12.1 Å². The highest BCUT2D eigenvalue weighted by Gasteiger charge is 2.24. The minimum Gasteiger partial charge on any atom is -0.478 e. The largest absolute Gasteiger partial charge is 0.478 e. The number of halogens is 1. The predicted octanol–water partition coefficient (Wildman–Crippen LogP) is 2.65. The SMILES string of the molecule is O=C(NS(=O)(=O)c1ccccc1C(=O)O)OCc1ccc(Cl)cc1. The third-order valence-electron chi connectivity index (χ3n) is 2.91. The molecule has 0 aliphatic rings. The number of carboxylic acid groups (broad SMARTS) is 1. The van der Waals surface area contributed by atoms with E-state index in [1.807, 2.05) is 0 Å². The molecule has 126 valence electrons. The number of sulfonamides is 1. The van der Waals surface area contributed by atoms with Crippen LogP contribution >= 0.6 is 11.6 Å². The van der Waals surface area contributed by atoms with Crippen LogP contribution in [0.3, 0.4) is 0 Å². The topological polar surface area (TPSA) is 110 Å². The van der Waals surface area contributed by atoms with Crippen LogP contribution in [-0.2, 0) is 21.4 Å². The Morgan fingerprint density at radius 3 is 2.33 bits per heavy atom. The predicted molar refractivity (Wildman–Crippen MR) is 85.4 cm³/mol. The van der Waals surface area contributed by atoms with Crippen LogP contribution in [0.5, 0.6) is 0 Å². The molecule has 2 rings (SSSR count). The van der Waals surface area contributed by atoms with Gasteiger partial charge in [0.25, 0.3) is 10.0 Å². The fourth-order valence-corrected chi connectivity index (χ4v) is 3.02. The van der Waals surface area contributed by atoms with Crippen molar-refractivity contribution in [3.63, 3.8) is 0 Å². The standard InChI is InChI=1S/C15H12ClNO6S/c16-11-7-5-10(6-8-11)9-23-15(20)17-24(21,22)13-4-2-1-3-12(13)14(18)19/h1-8H,9H2,(H,17,20)(H,18,19). The number of carboxylic acids is 1. The Hall–Kier alpha value is -2.58. The molecule has 0 aromatic heterocycles. The van der Waals surface area contributed by atoms with Crippen molar-refractivity contribution in [3.05, 3.63) is 64.7 Å². The highest BCUT2D eigenvalue weighted by atomic mass is 35.5. The summed E-state index contributed by atoms with van der Waals surface area (Å²) in [4.78, 5) is 22.2. The number of nitrogens with one attached hydrogen (secondary N) is 1. The van der Waals surface area contributed by atoms with Gasteiger partial charge < -0.3 is 9.84 Å². The number of benzene rings is 2. The van der Waals surface area contributed by atoms with Crippen molar-refractivity contribution in [2.75, 3.05) is 0 Å². The molecule has 0 atom stereocenters. The maximum absolute atomic E-state index is 12.1. The van der Waals surface area contributed by atoms with Crippen LogP contribution < -0.4 is 4.72 Å². The molecule has 2 N–H and O–H groups in total. The molecule has 0 heterocycles. The number of hydrogen-bond acceptors (Lipinski definition) is 5. The highest BCUT2D eigenvalue weighted by molar-refractivity contribution is 7.90. The van der Waals surface area contributed by atoms with Crippen molar-refractivity contribution in [2.45, 2.75) is 11.5 Å². The molecular weight excluding hydrogens is 358 g/mol. The summed E-state index contributed by atoms with van der Waals surface area (Å²) in [6, 6.07) is 11.3. The van der Waals surface area contributed by atoms with Gasteiger partial charge in [-0.1, -0.05) is 35.9 Å². The fourth-order valence-electron chi connectivity index (χ4n) is 1.80. The van der Waals surface area contributed by atoms with E-state index < -0.39 is 32.5 Å². The summed E-state index contributed by atoms with van der Waals surface area (Å²) >= 11 is 5.72. The molecule has 24 heavy (non-hydrogen) atoms. The Kier molecular flexibility index (Phi) is 5.42. The van der Waals surface area contributed by atoms with E-state index in [-0.39, 0.29) is 6.61 Å². The summed E-state index contributed by atoms with van der Waals surface area (Å²) in [5.74, 6) is -1.43. The zero-order chi connectivity index (χ0) is 17.7. The number of aromatic carboxylic acids is 1. The van der Waals surface area contributed by atoms with Gasteiger partial charge in [-0.2, -0.15) is 0 Å². The molecule has 7 nitrogen and oxygen atoms in total. The van der Waals surface area contributed by atoms with Gasteiger partial charge >= 0.3 is 12.1 Å². The number of rotatable bonds is 5. The highest BCUT2D eigenvalue weighted by Crippen LogP contribution is 2.15. The van der Waals surface area contributed by atoms with Crippen LogP contribution in [0.2, 0.25) is 5.02 Å². The Labute approximate surface area is 142 Å². The first-order chi connectivity index (χ1) is 11.3. The van der Waals surface area contributed by atoms with Crippen LogP contribution in [0, 0.1) is 0 Å². The lowest BCUT2D eigenvalue weighted by Gasteiger charge is -2.10. The molecule has 0 spiro atoms. The van der Waals surface area contributed by atoms with Crippen molar-refractivity contribution < 1.29 is 27.9 Å². The summed E-state index contributed by atoms with van der Waals surface area (Å²) in [5.41, 5.74) is 0.161. The molecule has 0 unspecified atom stereocenters. The normalized spacial score (nSPS) is 10.9. The minimum atomic E-state index is -4.37. The Balaban J connectivity index is 2.07. The molecule has 0 fully saturated rings. The lowest BCUT2D eigenvalue weighted by Crippen LogP contribution is -2.32. The first-order valence-electron chi connectivity index (χ1n) is 6.56. The van der Waals surface area contributed by atoms with E-state index in [1.54, 1.807) is 29.0 Å². The van der Waals surface area contributed by atoms with Crippen LogP contribution in [0.1, 0.15) is 15.9 Å². The molecule has 0 aliphatic heterocycles. The van der Waals surface area contributed by atoms with Gasteiger partial charge in [0.15, 0.2) is 0 Å². The van der Waals surface area contributed by atoms with Crippen molar-refractivity contribution in [2.24, 2.45) is 0 Å². The maximum Gasteiger partial charge on any atom is 0.421 e. The van der Waals surface area contributed by atoms with Crippen LogP contribution in [-0.4, -0.2) is 25.6 Å². The second-order valence-corrected chi connectivity index (χ2v) is 6.70. The van der Waals surface area contributed by atoms with Gasteiger partial charge in [0.2, 0.25) is 0 Å². The maximum atomic E-state index is 12.1. The fraction of sp³-hybridized carbons (Fsp3) is 0.0667. The van der Waals surface area contributed by atoms with Gasteiger partial charge in [0.05, 0.1) is 5.56 Å². The molecule has 0 saturated heterocycles. The lowest BCUT2D eigenvalue weighted by molar-refractivity contribution is 0.0692. The van der Waals surface area contributed by atoms with Crippen molar-refractivity contribution in [3.8, 4) is 0 Å². The number of hydrogen-bond donors (Lipinski definition) is 2. The van der Waals surface area contributed by atoms with Crippen LogP contribution in [0.4, 0.5) is 4.79 Å². The van der Waals surface area contributed by atoms with Crippen molar-refractivity contribution >= 4 is 33.7 Å². The van der Waals surface area contributed by atoms with E-state index in [2.05, 4.69) is 0 Å². The van der Waals surface area contributed by atoms with Crippen molar-refractivity contribution in [1.82, 2.24) is 4.72 Å². The zero-order valence-corrected chi connectivity index (χ0v) is 13.7. The van der Waals surface area contributed by atoms with E-state index in [4.69, 9.17) is 21.4 Å². The number of amides is 1. The van der Waals surface area contributed by atoms with E-state index in [9.17, 15) is 18.0 Å². The Morgan fingerprint density at radius 2 is 1.71 bits per heavy atom. The molecule has 2 aromatic rings. The van der Waals surface area contributed by atoms with Gasteiger partial charge in [0.1, 0.15) is 11.5 Å². The number of carbonyl (C=O) groups excluding carboxylic acids is 1. The van der Waals surface area contributed by atoms with Gasteiger partial charge in [0, 0.05) is 5.02 Å². The minimum absolute atomic E-state index is 0.168. The smallest absolute Gasteiger partial charge is 0.421 e. The summed E-state index contributed by atoms with van der Waals surface area (Å²) in [6.45, 7) is -0.168. The lowest BCUT2D eigenvalue weighted by atomic mass is 10.2. The summed E-state index contributed by atoms with van der Waals surface area (Å²) in [7, 11) is -4.37. The van der Waals surface area contributed by atoms with Crippen LogP contribution in [0.25, 0.3) is 0 Å². The van der Waals surface area contributed by atoms with Gasteiger partial charge in [-0.25, -0.2) is 22.7 Å². The molecule has 0 aliphatic carbocycles. The first-order valence-corrected chi connectivity index (χ1v) is 8.42. The molecule has 2 aromatic carbocycles. The molecular formula is C15H12ClNO6S. The Morgan fingerprint density at radius 1 is 1.08 bits per heavy atom. The molecule has 9 heteroatoms. The van der Waals surface area contributed by atoms with Crippen molar-refractivity contribution in [1.29, 1.82) is 0 Å². The van der Waals surface area contributed by atoms with Gasteiger partial charge in [-0.15, -0.1) is 0 Å². The first kappa shape index (κ1) is 17.8. The third kappa shape index (κ3) is 4.46. The van der Waals surface area contributed by atoms with E-state index in [1.165, 1.54) is 12.1 Å². The van der Waals surface area contributed by atoms with Crippen LogP contribution in [0.15, 0.2) is 53.4 Å². The molecule has 0 bridgehead atoms. The zero-order valence-electron chi connectivity index (χ0n) is 12.1. The number of carbonyl (C=O) groups is 2. The summed E-state index contributed by atoms with van der Waals surface area (Å²) in [5, 5.41) is 9.53. The Bertz CT molecular complexity index is 864. The van der Waals surface area contributed by atoms with Gasteiger partial charge in [-0.05, 0) is 29.8 Å². The van der Waals surface area contributed by atoms with Gasteiger partial charge in [-0.3, -0.25) is 0 Å². The monoisotopic (exact) mass is 369 g/mol. The molecule has 1 amide bonds. The average molecular weight is 370 g/mol. The second kappa shape index (κ2) is 7.33. The summed E-state index contributed by atoms with van der Waals surface area (Å²) in [6.07, 6.45) is -1.22. The quantitative estimate of drug-likeness (QED) is 0.838. The summed E-state index contributed by atoms with van der Waals surface area (Å²) < 4.78 is 30.7. The number of ether oxygens (including phenoxy) is 1. The average Bonchev–Trinajstić information content (AvgIpc) is 2.54. The van der Waals surface area contributed by atoms with E-state index in [0.29, 0.717) is 10.6 Å².